The molecule has 1 nitrogen and oxygen atoms in total. The van der Waals surface area contributed by atoms with Gasteiger partial charge in [0.15, 0.2) is 0 Å². The first kappa shape index (κ1) is 14.9. The fourth-order valence-electron chi connectivity index (χ4n) is 2.14. The quantitative estimate of drug-likeness (QED) is 0.737. The van der Waals surface area contributed by atoms with Crippen LogP contribution in [0.5, 0.6) is 0 Å². The second kappa shape index (κ2) is 5.83. The second-order valence-corrected chi connectivity index (χ2v) is 7.08. The second-order valence-electron chi connectivity index (χ2n) is 6.09. The molecule has 0 rings (SSSR count). The Hall–Kier alpha value is -0.110. The van der Waals surface area contributed by atoms with E-state index in [9.17, 15) is 0 Å². The van der Waals surface area contributed by atoms with Crippen molar-refractivity contribution in [3.63, 3.8) is 0 Å². The summed E-state index contributed by atoms with van der Waals surface area (Å²) >= 11 is 1.87. The molecule has 2 heteroatoms. The van der Waals surface area contributed by atoms with Crippen LogP contribution in [-0.4, -0.2) is 17.5 Å². The molecule has 0 aromatic heterocycles. The summed E-state index contributed by atoms with van der Waals surface area (Å²) in [5.41, 5.74) is 1.67. The van der Waals surface area contributed by atoms with Crippen LogP contribution in [0.1, 0.15) is 47.5 Å². The highest BCUT2D eigenvalue weighted by molar-refractivity contribution is 7.98. The van der Waals surface area contributed by atoms with Crippen molar-refractivity contribution in [2.75, 3.05) is 12.0 Å². The van der Waals surface area contributed by atoms with Crippen molar-refractivity contribution >= 4 is 11.8 Å². The summed E-state index contributed by atoms with van der Waals surface area (Å²) in [6.45, 7) is 15.4. The van der Waals surface area contributed by atoms with E-state index in [1.54, 1.807) is 0 Å². The van der Waals surface area contributed by atoms with Gasteiger partial charge in [-0.05, 0) is 44.1 Å². The lowest BCUT2D eigenvalue weighted by molar-refractivity contribution is 0.255. The number of thioether (sulfide) groups is 1. The molecular formula is C13H27NS. The summed E-state index contributed by atoms with van der Waals surface area (Å²) in [5.74, 6) is 1.15. The zero-order valence-electron chi connectivity index (χ0n) is 11.2. The van der Waals surface area contributed by atoms with Crippen molar-refractivity contribution < 1.29 is 0 Å². The van der Waals surface area contributed by atoms with E-state index in [2.05, 4.69) is 52.8 Å². The summed E-state index contributed by atoms with van der Waals surface area (Å²) in [5, 5.41) is 3.54. The van der Waals surface area contributed by atoms with Gasteiger partial charge in [0.1, 0.15) is 0 Å². The van der Waals surface area contributed by atoms with E-state index < -0.39 is 0 Å². The van der Waals surface area contributed by atoms with E-state index >= 15 is 0 Å². The van der Waals surface area contributed by atoms with Gasteiger partial charge in [0.25, 0.3) is 0 Å². The molecule has 15 heavy (non-hydrogen) atoms. The maximum absolute atomic E-state index is 4.08. The third kappa shape index (κ3) is 8.86. The number of nitrogens with one attached hydrogen (secondary N) is 1. The topological polar surface area (TPSA) is 12.0 Å². The third-order valence-electron chi connectivity index (χ3n) is 2.10. The molecule has 0 atom stereocenters. The Morgan fingerprint density at radius 3 is 2.13 bits per heavy atom. The highest BCUT2D eigenvalue weighted by Crippen LogP contribution is 2.27. The summed E-state index contributed by atoms with van der Waals surface area (Å²) in [7, 11) is 0. The van der Waals surface area contributed by atoms with Crippen LogP contribution in [0.2, 0.25) is 0 Å². The molecule has 1 N–H and O–H groups in total. The van der Waals surface area contributed by atoms with Crippen LogP contribution in [0.25, 0.3) is 0 Å². The van der Waals surface area contributed by atoms with Crippen LogP contribution in [0, 0.1) is 5.41 Å². The van der Waals surface area contributed by atoms with Crippen molar-refractivity contribution in [1.82, 2.24) is 5.32 Å². The molecule has 0 heterocycles. The molecule has 0 radical (unpaired) electrons. The maximum atomic E-state index is 4.08. The summed E-state index contributed by atoms with van der Waals surface area (Å²) in [6.07, 6.45) is 4.35. The molecule has 0 fully saturated rings. The number of allylic oxidation sites excluding steroid dienone is 1. The monoisotopic (exact) mass is 229 g/mol. The minimum atomic E-state index is 0.147. The van der Waals surface area contributed by atoms with Crippen LogP contribution >= 0.6 is 11.8 Å². The molecule has 0 spiro atoms. The zero-order valence-corrected chi connectivity index (χ0v) is 12.1. The molecule has 0 aliphatic carbocycles. The molecule has 0 unspecified atom stereocenters. The third-order valence-corrected chi connectivity index (χ3v) is 2.71. The van der Waals surface area contributed by atoms with E-state index in [1.165, 1.54) is 5.70 Å². The van der Waals surface area contributed by atoms with Crippen molar-refractivity contribution in [3.8, 4) is 0 Å². The van der Waals surface area contributed by atoms with Gasteiger partial charge in [0.2, 0.25) is 0 Å². The Kier molecular flexibility index (Phi) is 5.79. The lowest BCUT2D eigenvalue weighted by Crippen LogP contribution is -2.41. The van der Waals surface area contributed by atoms with Crippen molar-refractivity contribution in [1.29, 1.82) is 0 Å². The minimum absolute atomic E-state index is 0.147. The summed E-state index contributed by atoms with van der Waals surface area (Å²) in [6, 6.07) is 0. The Bertz CT molecular complexity index is 201. The molecule has 0 amide bonds. The number of hydrogen-bond donors (Lipinski definition) is 1. The van der Waals surface area contributed by atoms with Gasteiger partial charge < -0.3 is 5.32 Å². The van der Waals surface area contributed by atoms with Gasteiger partial charge in [-0.1, -0.05) is 27.4 Å². The van der Waals surface area contributed by atoms with Crippen LogP contribution in [0.3, 0.4) is 0 Å². The zero-order chi connectivity index (χ0) is 12.1. The average molecular weight is 229 g/mol. The normalized spacial score (nSPS) is 12.7. The van der Waals surface area contributed by atoms with Gasteiger partial charge in [0, 0.05) is 11.2 Å². The number of rotatable bonds is 6. The van der Waals surface area contributed by atoms with Crippen LogP contribution < -0.4 is 5.32 Å². The highest BCUT2D eigenvalue weighted by atomic mass is 32.2. The highest BCUT2D eigenvalue weighted by Gasteiger charge is 2.25. The lowest BCUT2D eigenvalue weighted by atomic mass is 9.81. The molecule has 0 saturated heterocycles. The van der Waals surface area contributed by atoms with Crippen LogP contribution in [0.15, 0.2) is 12.3 Å². The van der Waals surface area contributed by atoms with Crippen LogP contribution in [-0.2, 0) is 0 Å². The lowest BCUT2D eigenvalue weighted by Gasteiger charge is -2.35. The largest absolute Gasteiger partial charge is 0.384 e. The van der Waals surface area contributed by atoms with Gasteiger partial charge in [-0.25, -0.2) is 0 Å². The van der Waals surface area contributed by atoms with Crippen LogP contribution in [0.4, 0.5) is 0 Å². The van der Waals surface area contributed by atoms with Crippen molar-refractivity contribution in [2.24, 2.45) is 5.41 Å². The molecule has 0 saturated carbocycles. The average Bonchev–Trinajstić information content (AvgIpc) is 1.94. The van der Waals surface area contributed by atoms with Gasteiger partial charge in [0.05, 0.1) is 0 Å². The molecule has 0 aliphatic heterocycles. The smallest absolute Gasteiger partial charge is 0.0319 e. The van der Waals surface area contributed by atoms with Gasteiger partial charge in [-0.2, -0.15) is 11.8 Å². The predicted molar refractivity (Wildman–Crippen MR) is 73.4 cm³/mol. The number of hydrogen-bond acceptors (Lipinski definition) is 2. The Morgan fingerprint density at radius 2 is 1.73 bits per heavy atom. The van der Waals surface area contributed by atoms with E-state index in [0.717, 1.165) is 18.6 Å². The Labute approximate surface area is 100 Å². The molecule has 90 valence electrons. The van der Waals surface area contributed by atoms with E-state index in [1.807, 2.05) is 11.8 Å². The first-order chi connectivity index (χ1) is 6.66. The standard InChI is InChI=1S/C13H27NS/c1-11(8-9-15-7)14-13(5,6)10-12(2,3)4/h14H,1,8-10H2,2-7H3. The van der Waals surface area contributed by atoms with Crippen molar-refractivity contribution in [2.45, 2.75) is 53.0 Å². The Balaban J connectivity index is 4.07. The van der Waals surface area contributed by atoms with E-state index in [0.29, 0.717) is 5.41 Å². The van der Waals surface area contributed by atoms with Gasteiger partial charge in [-0.3, -0.25) is 0 Å². The van der Waals surface area contributed by atoms with E-state index in [-0.39, 0.29) is 5.54 Å². The maximum Gasteiger partial charge on any atom is 0.0319 e. The molecule has 0 aromatic rings. The summed E-state index contributed by atoms with van der Waals surface area (Å²) < 4.78 is 0. The first-order valence-electron chi connectivity index (χ1n) is 5.61. The minimum Gasteiger partial charge on any atom is -0.384 e. The fraction of sp³-hybridized carbons (Fsp3) is 0.846. The summed E-state index contributed by atoms with van der Waals surface area (Å²) in [4.78, 5) is 0. The fourth-order valence-corrected chi connectivity index (χ4v) is 2.59. The van der Waals surface area contributed by atoms with E-state index in [4.69, 9.17) is 0 Å². The first-order valence-corrected chi connectivity index (χ1v) is 7.00. The molecule has 0 aliphatic rings. The van der Waals surface area contributed by atoms with Gasteiger partial charge >= 0.3 is 0 Å². The SMILES string of the molecule is C=C(CCSC)NC(C)(C)CC(C)(C)C. The Morgan fingerprint density at radius 1 is 1.20 bits per heavy atom. The van der Waals surface area contributed by atoms with Gasteiger partial charge in [-0.15, -0.1) is 0 Å². The molecular weight excluding hydrogens is 202 g/mol. The molecule has 0 bridgehead atoms. The van der Waals surface area contributed by atoms with Crippen molar-refractivity contribution in [3.05, 3.63) is 12.3 Å². The molecule has 0 aromatic carbocycles. The predicted octanol–water partition coefficient (Wildman–Crippen LogP) is 4.06.